The van der Waals surface area contributed by atoms with E-state index in [1.165, 1.54) is 4.31 Å². The van der Waals surface area contributed by atoms with Crippen molar-refractivity contribution in [2.45, 2.75) is 46.7 Å². The van der Waals surface area contributed by atoms with E-state index in [2.05, 4.69) is 5.32 Å². The highest BCUT2D eigenvalue weighted by Gasteiger charge is 2.30. The monoisotopic (exact) mass is 418 g/mol. The maximum atomic E-state index is 12.8. The number of amides is 1. The van der Waals surface area contributed by atoms with Gasteiger partial charge in [-0.05, 0) is 63.4 Å². The standard InChI is InChI=1S/C22H30N2O4S/c1-15-11-12-16(2)20(13-15)24(29(6,26)27)19(5)22(25)23-18(4)14-28-21-10-8-7-9-17(21)3/h7-13,18-19H,14H2,1-6H3,(H,23,25)/t18-,19+/m0/s1. The Morgan fingerprint density at radius 2 is 1.72 bits per heavy atom. The van der Waals surface area contributed by atoms with Crippen LogP contribution in [0, 0.1) is 20.8 Å². The summed E-state index contributed by atoms with van der Waals surface area (Å²) in [5, 5.41) is 2.86. The summed E-state index contributed by atoms with van der Waals surface area (Å²) in [5.41, 5.74) is 3.24. The van der Waals surface area contributed by atoms with Gasteiger partial charge in [0.1, 0.15) is 18.4 Å². The van der Waals surface area contributed by atoms with E-state index < -0.39 is 16.1 Å². The fourth-order valence-corrected chi connectivity index (χ4v) is 4.30. The van der Waals surface area contributed by atoms with Crippen molar-refractivity contribution in [3.63, 3.8) is 0 Å². The molecule has 0 saturated heterocycles. The summed E-state index contributed by atoms with van der Waals surface area (Å²) in [4.78, 5) is 12.8. The third-order valence-corrected chi connectivity index (χ3v) is 5.89. The molecule has 0 saturated carbocycles. The summed E-state index contributed by atoms with van der Waals surface area (Å²) in [5.74, 6) is 0.381. The predicted molar refractivity (Wildman–Crippen MR) is 117 cm³/mol. The van der Waals surface area contributed by atoms with E-state index in [1.54, 1.807) is 13.0 Å². The van der Waals surface area contributed by atoms with Crippen LogP contribution in [0.25, 0.3) is 0 Å². The van der Waals surface area contributed by atoms with E-state index in [-0.39, 0.29) is 18.6 Å². The highest BCUT2D eigenvalue weighted by atomic mass is 32.2. The van der Waals surface area contributed by atoms with Crippen LogP contribution >= 0.6 is 0 Å². The minimum Gasteiger partial charge on any atom is -0.491 e. The van der Waals surface area contributed by atoms with Crippen LogP contribution in [0.3, 0.4) is 0 Å². The number of anilines is 1. The minimum absolute atomic E-state index is 0.283. The van der Waals surface area contributed by atoms with E-state index in [1.807, 2.05) is 64.1 Å². The average molecular weight is 419 g/mol. The Balaban J connectivity index is 2.13. The van der Waals surface area contributed by atoms with Gasteiger partial charge in [-0.2, -0.15) is 0 Å². The zero-order chi connectivity index (χ0) is 21.8. The first-order valence-electron chi connectivity index (χ1n) is 9.56. The number of rotatable bonds is 8. The first kappa shape index (κ1) is 22.7. The Morgan fingerprint density at radius 1 is 1.07 bits per heavy atom. The Kier molecular flexibility index (Phi) is 7.30. The van der Waals surface area contributed by atoms with E-state index in [0.29, 0.717) is 5.69 Å². The van der Waals surface area contributed by atoms with Gasteiger partial charge in [-0.3, -0.25) is 9.10 Å². The number of carbonyl (C=O) groups is 1. The number of nitrogens with one attached hydrogen (secondary N) is 1. The molecule has 2 aromatic rings. The maximum absolute atomic E-state index is 12.8. The van der Waals surface area contributed by atoms with Crippen molar-refractivity contribution < 1.29 is 17.9 Å². The lowest BCUT2D eigenvalue weighted by Crippen LogP contribution is -2.51. The van der Waals surface area contributed by atoms with Crippen molar-refractivity contribution >= 4 is 21.6 Å². The molecule has 2 aromatic carbocycles. The molecule has 7 heteroatoms. The second kappa shape index (κ2) is 9.31. The van der Waals surface area contributed by atoms with Crippen molar-refractivity contribution in [1.29, 1.82) is 0 Å². The average Bonchev–Trinajstić information content (AvgIpc) is 2.63. The number of para-hydroxylation sites is 1. The lowest BCUT2D eigenvalue weighted by Gasteiger charge is -2.30. The fourth-order valence-electron chi connectivity index (χ4n) is 3.08. The number of hydrogen-bond donors (Lipinski definition) is 1. The molecule has 2 atom stereocenters. The van der Waals surface area contributed by atoms with E-state index in [0.717, 1.165) is 28.7 Å². The highest BCUT2D eigenvalue weighted by molar-refractivity contribution is 7.92. The van der Waals surface area contributed by atoms with Crippen molar-refractivity contribution in [2.24, 2.45) is 0 Å². The number of aryl methyl sites for hydroxylation is 3. The van der Waals surface area contributed by atoms with Crippen LogP contribution in [0.2, 0.25) is 0 Å². The molecule has 0 aliphatic carbocycles. The molecular formula is C22H30N2O4S. The van der Waals surface area contributed by atoms with Crippen LogP contribution in [0.15, 0.2) is 42.5 Å². The highest BCUT2D eigenvalue weighted by Crippen LogP contribution is 2.26. The van der Waals surface area contributed by atoms with Crippen molar-refractivity contribution in [3.8, 4) is 5.75 Å². The second-order valence-corrected chi connectivity index (χ2v) is 9.37. The molecule has 0 bridgehead atoms. The van der Waals surface area contributed by atoms with Crippen molar-refractivity contribution in [2.75, 3.05) is 17.2 Å². The molecule has 0 fully saturated rings. The summed E-state index contributed by atoms with van der Waals surface area (Å²) < 4.78 is 32.0. The zero-order valence-corrected chi connectivity index (χ0v) is 18.7. The van der Waals surface area contributed by atoms with Gasteiger partial charge in [-0.25, -0.2) is 8.42 Å². The summed E-state index contributed by atoms with van der Waals surface area (Å²) in [6.45, 7) is 9.37. The second-order valence-electron chi connectivity index (χ2n) is 7.51. The molecule has 1 N–H and O–H groups in total. The smallest absolute Gasteiger partial charge is 0.243 e. The first-order valence-corrected chi connectivity index (χ1v) is 11.4. The van der Waals surface area contributed by atoms with Gasteiger partial charge in [0.2, 0.25) is 15.9 Å². The number of sulfonamides is 1. The molecule has 2 rings (SSSR count). The van der Waals surface area contributed by atoms with Crippen molar-refractivity contribution in [3.05, 3.63) is 59.2 Å². The molecule has 0 unspecified atom stereocenters. The van der Waals surface area contributed by atoms with Gasteiger partial charge in [0, 0.05) is 0 Å². The molecule has 0 heterocycles. The van der Waals surface area contributed by atoms with Crippen LogP contribution in [0.1, 0.15) is 30.5 Å². The molecule has 0 aliphatic rings. The third-order valence-electron chi connectivity index (χ3n) is 4.66. The van der Waals surface area contributed by atoms with Gasteiger partial charge in [-0.15, -0.1) is 0 Å². The number of nitrogens with zero attached hydrogens (tertiary/aromatic N) is 1. The summed E-state index contributed by atoms with van der Waals surface area (Å²) in [6, 6.07) is 12.0. The molecular weight excluding hydrogens is 388 g/mol. The zero-order valence-electron chi connectivity index (χ0n) is 17.9. The lowest BCUT2D eigenvalue weighted by atomic mass is 10.1. The van der Waals surface area contributed by atoms with Crippen LogP contribution in [0.4, 0.5) is 5.69 Å². The van der Waals surface area contributed by atoms with Gasteiger partial charge in [0.15, 0.2) is 0 Å². The fraction of sp³-hybridized carbons (Fsp3) is 0.409. The molecule has 0 radical (unpaired) electrons. The quantitative estimate of drug-likeness (QED) is 0.713. The Hall–Kier alpha value is -2.54. The molecule has 0 aromatic heterocycles. The van der Waals surface area contributed by atoms with Crippen LogP contribution < -0.4 is 14.4 Å². The normalized spacial score (nSPS) is 13.4. The number of benzene rings is 2. The minimum atomic E-state index is -3.66. The number of carbonyl (C=O) groups excluding carboxylic acids is 1. The van der Waals surface area contributed by atoms with E-state index in [4.69, 9.17) is 4.74 Å². The lowest BCUT2D eigenvalue weighted by molar-refractivity contribution is -0.122. The molecule has 0 spiro atoms. The van der Waals surface area contributed by atoms with E-state index >= 15 is 0 Å². The van der Waals surface area contributed by atoms with Crippen LogP contribution in [-0.4, -0.2) is 39.3 Å². The SMILES string of the molecule is Cc1ccc(C)c(N([C@H](C)C(=O)N[C@@H](C)COc2ccccc2C)S(C)(=O)=O)c1. The Morgan fingerprint density at radius 3 is 2.34 bits per heavy atom. The molecule has 1 amide bonds. The molecule has 6 nitrogen and oxygen atoms in total. The Bertz CT molecular complexity index is 973. The van der Waals surface area contributed by atoms with Gasteiger partial charge in [0.25, 0.3) is 0 Å². The van der Waals surface area contributed by atoms with E-state index in [9.17, 15) is 13.2 Å². The maximum Gasteiger partial charge on any atom is 0.243 e. The van der Waals surface area contributed by atoms with Gasteiger partial charge >= 0.3 is 0 Å². The van der Waals surface area contributed by atoms with Crippen molar-refractivity contribution in [1.82, 2.24) is 5.32 Å². The number of ether oxygens (including phenoxy) is 1. The first-order chi connectivity index (χ1) is 13.5. The topological polar surface area (TPSA) is 75.7 Å². The Labute approximate surface area is 173 Å². The summed E-state index contributed by atoms with van der Waals surface area (Å²) in [7, 11) is -3.66. The summed E-state index contributed by atoms with van der Waals surface area (Å²) in [6.07, 6.45) is 1.11. The third kappa shape index (κ3) is 5.97. The van der Waals surface area contributed by atoms with Crippen LogP contribution in [-0.2, 0) is 14.8 Å². The molecule has 0 aliphatic heterocycles. The molecule has 29 heavy (non-hydrogen) atoms. The van der Waals surface area contributed by atoms with Gasteiger partial charge in [-0.1, -0.05) is 30.3 Å². The largest absolute Gasteiger partial charge is 0.491 e. The van der Waals surface area contributed by atoms with Gasteiger partial charge in [0.05, 0.1) is 18.0 Å². The predicted octanol–water partition coefficient (Wildman–Crippen LogP) is 3.35. The summed E-state index contributed by atoms with van der Waals surface area (Å²) >= 11 is 0. The van der Waals surface area contributed by atoms with Gasteiger partial charge < -0.3 is 10.1 Å². The van der Waals surface area contributed by atoms with Crippen LogP contribution in [0.5, 0.6) is 5.75 Å². The molecule has 158 valence electrons. The number of hydrogen-bond acceptors (Lipinski definition) is 4.